The van der Waals surface area contributed by atoms with Gasteiger partial charge in [0.1, 0.15) is 5.82 Å². The first-order valence-electron chi connectivity index (χ1n) is 8.29. The van der Waals surface area contributed by atoms with Crippen molar-refractivity contribution < 1.29 is 13.6 Å². The molecule has 140 valence electrons. The predicted molar refractivity (Wildman–Crippen MR) is 106 cm³/mol. The number of carbonyl (C=O) groups excluding carboxylic acids is 1. The standard InChI is InChI=1S/C19H17BrFN3O2S/c1-2-24(11-13-4-3-5-16(21)10-13)17(25)12-27-19-23-22-18(26-19)14-6-8-15(20)9-7-14/h3-10H,2,11-12H2,1H3. The second kappa shape index (κ2) is 9.14. The topological polar surface area (TPSA) is 59.2 Å². The summed E-state index contributed by atoms with van der Waals surface area (Å²) in [6.07, 6.45) is 0. The third-order valence-electron chi connectivity index (χ3n) is 3.81. The van der Waals surface area contributed by atoms with Crippen LogP contribution in [0.4, 0.5) is 4.39 Å². The Labute approximate surface area is 169 Å². The van der Waals surface area contributed by atoms with Gasteiger partial charge in [0, 0.05) is 23.1 Å². The largest absolute Gasteiger partial charge is 0.411 e. The molecule has 3 rings (SSSR count). The average Bonchev–Trinajstić information content (AvgIpc) is 3.14. The molecule has 0 fully saturated rings. The van der Waals surface area contributed by atoms with Crippen LogP contribution < -0.4 is 0 Å². The SMILES string of the molecule is CCN(Cc1cccc(F)c1)C(=O)CSc1nnc(-c2ccc(Br)cc2)o1. The Morgan fingerprint density at radius 3 is 2.70 bits per heavy atom. The maximum Gasteiger partial charge on any atom is 0.277 e. The van der Waals surface area contributed by atoms with E-state index in [1.54, 1.807) is 17.0 Å². The van der Waals surface area contributed by atoms with Crippen LogP contribution in [0, 0.1) is 5.82 Å². The van der Waals surface area contributed by atoms with Gasteiger partial charge in [-0.05, 0) is 48.9 Å². The van der Waals surface area contributed by atoms with Crippen molar-refractivity contribution in [3.63, 3.8) is 0 Å². The lowest BCUT2D eigenvalue weighted by molar-refractivity contribution is -0.128. The lowest BCUT2D eigenvalue weighted by atomic mass is 10.2. The molecule has 0 aliphatic heterocycles. The van der Waals surface area contributed by atoms with Gasteiger partial charge in [-0.2, -0.15) is 0 Å². The Kier molecular flexibility index (Phi) is 6.63. The molecule has 0 spiro atoms. The summed E-state index contributed by atoms with van der Waals surface area (Å²) in [6.45, 7) is 2.78. The van der Waals surface area contributed by atoms with Gasteiger partial charge < -0.3 is 9.32 Å². The van der Waals surface area contributed by atoms with Gasteiger partial charge in [0.25, 0.3) is 5.22 Å². The molecular weight excluding hydrogens is 433 g/mol. The minimum absolute atomic E-state index is 0.0739. The maximum atomic E-state index is 13.3. The summed E-state index contributed by atoms with van der Waals surface area (Å²) in [6, 6.07) is 13.8. The third kappa shape index (κ3) is 5.40. The fourth-order valence-electron chi connectivity index (χ4n) is 2.42. The molecular formula is C19H17BrFN3O2S. The molecule has 0 aliphatic rings. The van der Waals surface area contributed by atoms with E-state index in [1.165, 1.54) is 23.9 Å². The van der Waals surface area contributed by atoms with Crippen LogP contribution in [0.2, 0.25) is 0 Å². The van der Waals surface area contributed by atoms with Gasteiger partial charge in [-0.1, -0.05) is 39.8 Å². The van der Waals surface area contributed by atoms with E-state index in [9.17, 15) is 9.18 Å². The summed E-state index contributed by atoms with van der Waals surface area (Å²) in [7, 11) is 0. The van der Waals surface area contributed by atoms with Gasteiger partial charge in [-0.25, -0.2) is 4.39 Å². The lowest BCUT2D eigenvalue weighted by Crippen LogP contribution is -2.31. The molecule has 0 N–H and O–H groups in total. The van der Waals surface area contributed by atoms with Crippen molar-refractivity contribution in [1.29, 1.82) is 0 Å². The van der Waals surface area contributed by atoms with E-state index in [0.717, 1.165) is 15.6 Å². The zero-order chi connectivity index (χ0) is 19.2. The van der Waals surface area contributed by atoms with E-state index in [-0.39, 0.29) is 17.5 Å². The van der Waals surface area contributed by atoms with E-state index < -0.39 is 0 Å². The number of amides is 1. The fourth-order valence-corrected chi connectivity index (χ4v) is 3.35. The number of hydrogen-bond acceptors (Lipinski definition) is 5. The molecule has 0 atom stereocenters. The highest BCUT2D eigenvalue weighted by atomic mass is 79.9. The molecule has 1 aromatic heterocycles. The van der Waals surface area contributed by atoms with Crippen LogP contribution >= 0.6 is 27.7 Å². The first kappa shape index (κ1) is 19.6. The number of carbonyl (C=O) groups is 1. The highest BCUT2D eigenvalue weighted by molar-refractivity contribution is 9.10. The number of aromatic nitrogens is 2. The minimum Gasteiger partial charge on any atom is -0.411 e. The zero-order valence-corrected chi connectivity index (χ0v) is 17.0. The number of nitrogens with zero attached hydrogens (tertiary/aromatic N) is 3. The minimum atomic E-state index is -0.309. The molecule has 3 aromatic rings. The van der Waals surface area contributed by atoms with Gasteiger partial charge in [0.2, 0.25) is 11.8 Å². The van der Waals surface area contributed by atoms with Gasteiger partial charge in [-0.3, -0.25) is 4.79 Å². The number of halogens is 2. The molecule has 0 saturated carbocycles. The Morgan fingerprint density at radius 1 is 1.22 bits per heavy atom. The zero-order valence-electron chi connectivity index (χ0n) is 14.6. The smallest absolute Gasteiger partial charge is 0.277 e. The highest BCUT2D eigenvalue weighted by Gasteiger charge is 2.16. The van der Waals surface area contributed by atoms with Crippen molar-refractivity contribution in [3.05, 3.63) is 64.4 Å². The molecule has 5 nitrogen and oxygen atoms in total. The molecule has 0 unspecified atom stereocenters. The Morgan fingerprint density at radius 2 is 2.00 bits per heavy atom. The molecule has 1 heterocycles. The Balaban J connectivity index is 1.58. The molecule has 8 heteroatoms. The van der Waals surface area contributed by atoms with Crippen molar-refractivity contribution in [1.82, 2.24) is 15.1 Å². The van der Waals surface area contributed by atoms with Crippen LogP contribution in [-0.4, -0.2) is 33.3 Å². The number of thioether (sulfide) groups is 1. The maximum absolute atomic E-state index is 13.3. The van der Waals surface area contributed by atoms with Crippen LogP contribution in [0.5, 0.6) is 0 Å². The molecule has 0 aliphatic carbocycles. The van der Waals surface area contributed by atoms with E-state index >= 15 is 0 Å². The molecule has 0 bridgehead atoms. The van der Waals surface area contributed by atoms with Crippen LogP contribution in [0.3, 0.4) is 0 Å². The van der Waals surface area contributed by atoms with Gasteiger partial charge in [-0.15, -0.1) is 10.2 Å². The summed E-state index contributed by atoms with van der Waals surface area (Å²) in [5.41, 5.74) is 1.57. The van der Waals surface area contributed by atoms with Crippen molar-refractivity contribution in [2.75, 3.05) is 12.3 Å². The fraction of sp³-hybridized carbons (Fsp3) is 0.211. The number of hydrogen-bond donors (Lipinski definition) is 0. The van der Waals surface area contributed by atoms with E-state index in [4.69, 9.17) is 4.42 Å². The quantitative estimate of drug-likeness (QED) is 0.485. The average molecular weight is 450 g/mol. The second-order valence-electron chi connectivity index (χ2n) is 5.71. The summed E-state index contributed by atoms with van der Waals surface area (Å²) in [4.78, 5) is 14.1. The normalized spacial score (nSPS) is 10.8. The Hall–Kier alpha value is -2.19. The summed E-state index contributed by atoms with van der Waals surface area (Å²) < 4.78 is 19.9. The summed E-state index contributed by atoms with van der Waals surface area (Å²) >= 11 is 4.57. The second-order valence-corrected chi connectivity index (χ2v) is 7.55. The first-order chi connectivity index (χ1) is 13.0. The van der Waals surface area contributed by atoms with Crippen LogP contribution in [-0.2, 0) is 11.3 Å². The van der Waals surface area contributed by atoms with Crippen LogP contribution in [0.15, 0.2) is 62.6 Å². The molecule has 2 aromatic carbocycles. The lowest BCUT2D eigenvalue weighted by Gasteiger charge is -2.20. The molecule has 27 heavy (non-hydrogen) atoms. The van der Waals surface area contributed by atoms with Gasteiger partial charge in [0.15, 0.2) is 0 Å². The van der Waals surface area contributed by atoms with E-state index in [2.05, 4.69) is 26.1 Å². The summed E-state index contributed by atoms with van der Waals surface area (Å²) in [5, 5.41) is 8.34. The predicted octanol–water partition coefficient (Wildman–Crippen LogP) is 4.78. The highest BCUT2D eigenvalue weighted by Crippen LogP contribution is 2.24. The van der Waals surface area contributed by atoms with Crippen molar-refractivity contribution in [2.45, 2.75) is 18.7 Å². The Bertz CT molecular complexity index is 917. The third-order valence-corrected chi connectivity index (χ3v) is 5.15. The van der Waals surface area contributed by atoms with Crippen molar-refractivity contribution >= 4 is 33.6 Å². The summed E-state index contributed by atoms with van der Waals surface area (Å²) in [5.74, 6) is 0.196. The molecule has 0 saturated heterocycles. The van der Waals surface area contributed by atoms with Crippen LogP contribution in [0.1, 0.15) is 12.5 Å². The van der Waals surface area contributed by atoms with Gasteiger partial charge >= 0.3 is 0 Å². The monoisotopic (exact) mass is 449 g/mol. The first-order valence-corrected chi connectivity index (χ1v) is 10.1. The number of rotatable bonds is 7. The van der Waals surface area contributed by atoms with Gasteiger partial charge in [0.05, 0.1) is 5.75 Å². The number of benzene rings is 2. The molecule has 0 radical (unpaired) electrons. The molecule has 1 amide bonds. The van der Waals surface area contributed by atoms with Crippen molar-refractivity contribution in [3.8, 4) is 11.5 Å². The van der Waals surface area contributed by atoms with E-state index in [1.807, 2.05) is 31.2 Å². The van der Waals surface area contributed by atoms with Crippen molar-refractivity contribution in [2.24, 2.45) is 0 Å². The van der Waals surface area contributed by atoms with E-state index in [0.29, 0.717) is 24.2 Å². The van der Waals surface area contributed by atoms with Crippen LogP contribution in [0.25, 0.3) is 11.5 Å².